The van der Waals surface area contributed by atoms with Gasteiger partial charge in [0.05, 0.1) is 5.54 Å². The van der Waals surface area contributed by atoms with Crippen LogP contribution in [0.25, 0.3) is 0 Å². The van der Waals surface area contributed by atoms with Gasteiger partial charge in [0, 0.05) is 17.8 Å². The van der Waals surface area contributed by atoms with Crippen molar-refractivity contribution in [3.05, 3.63) is 17.7 Å². The minimum absolute atomic E-state index is 0.243. The van der Waals surface area contributed by atoms with E-state index in [1.54, 1.807) is 0 Å². The van der Waals surface area contributed by atoms with Crippen molar-refractivity contribution in [3.63, 3.8) is 0 Å². The van der Waals surface area contributed by atoms with Gasteiger partial charge >= 0.3 is 0 Å². The SMILES string of the molecule is CC(N)(c1ncc(C2CCCCC2)[nH]1)C1CC1. The molecule has 2 fully saturated rings. The first-order chi connectivity index (χ1) is 8.18. The van der Waals surface area contributed by atoms with E-state index in [-0.39, 0.29) is 5.54 Å². The third-order valence-corrected chi connectivity index (χ3v) is 4.58. The number of nitrogens with zero attached hydrogens (tertiary/aromatic N) is 1. The van der Waals surface area contributed by atoms with E-state index < -0.39 is 0 Å². The van der Waals surface area contributed by atoms with Gasteiger partial charge in [-0.25, -0.2) is 4.98 Å². The molecule has 0 saturated heterocycles. The summed E-state index contributed by atoms with van der Waals surface area (Å²) in [5.74, 6) is 2.33. The van der Waals surface area contributed by atoms with Crippen LogP contribution in [0.15, 0.2) is 6.20 Å². The molecule has 1 aromatic heterocycles. The molecule has 0 aliphatic heterocycles. The predicted octanol–water partition coefficient (Wildman–Crippen LogP) is 3.04. The third kappa shape index (κ3) is 2.13. The zero-order valence-corrected chi connectivity index (χ0v) is 10.7. The summed E-state index contributed by atoms with van der Waals surface area (Å²) in [6, 6.07) is 0. The lowest BCUT2D eigenvalue weighted by molar-refractivity contribution is 0.399. The molecule has 2 aliphatic carbocycles. The number of imidazole rings is 1. The number of rotatable bonds is 3. The molecule has 1 unspecified atom stereocenters. The van der Waals surface area contributed by atoms with Crippen molar-refractivity contribution in [2.24, 2.45) is 11.7 Å². The fourth-order valence-electron chi connectivity index (χ4n) is 3.11. The fraction of sp³-hybridized carbons (Fsp3) is 0.786. The highest BCUT2D eigenvalue weighted by molar-refractivity contribution is 5.16. The fourth-order valence-corrected chi connectivity index (χ4v) is 3.11. The molecule has 0 aromatic carbocycles. The second kappa shape index (κ2) is 4.13. The van der Waals surface area contributed by atoms with Crippen LogP contribution in [0, 0.1) is 5.92 Å². The van der Waals surface area contributed by atoms with Crippen LogP contribution in [0.4, 0.5) is 0 Å². The van der Waals surface area contributed by atoms with Gasteiger partial charge in [-0.2, -0.15) is 0 Å². The first-order valence-electron chi connectivity index (χ1n) is 7.02. The Labute approximate surface area is 103 Å². The molecule has 3 N–H and O–H groups in total. The number of aromatic amines is 1. The summed E-state index contributed by atoms with van der Waals surface area (Å²) < 4.78 is 0. The minimum Gasteiger partial charge on any atom is -0.344 e. The summed E-state index contributed by atoms with van der Waals surface area (Å²) in [6.07, 6.45) is 11.3. The predicted molar refractivity (Wildman–Crippen MR) is 68.7 cm³/mol. The van der Waals surface area contributed by atoms with Gasteiger partial charge in [0.1, 0.15) is 5.82 Å². The molecule has 0 spiro atoms. The Morgan fingerprint density at radius 2 is 1.94 bits per heavy atom. The molecule has 3 heteroatoms. The van der Waals surface area contributed by atoms with Crippen molar-refractivity contribution in [3.8, 4) is 0 Å². The molecule has 1 heterocycles. The highest BCUT2D eigenvalue weighted by atomic mass is 15.0. The largest absolute Gasteiger partial charge is 0.344 e. The second-order valence-electron chi connectivity index (χ2n) is 6.08. The molecule has 1 atom stereocenters. The molecular weight excluding hydrogens is 210 g/mol. The molecule has 2 aliphatic rings. The highest BCUT2D eigenvalue weighted by Gasteiger charge is 2.41. The maximum absolute atomic E-state index is 6.39. The Kier molecular flexibility index (Phi) is 2.74. The summed E-state index contributed by atoms with van der Waals surface area (Å²) in [4.78, 5) is 8.05. The molecule has 1 aromatic rings. The Balaban J connectivity index is 1.77. The number of aromatic nitrogens is 2. The molecular formula is C14H23N3. The monoisotopic (exact) mass is 233 g/mol. The van der Waals surface area contributed by atoms with Crippen LogP contribution in [0.3, 0.4) is 0 Å². The molecule has 0 radical (unpaired) electrons. The molecule has 3 rings (SSSR count). The lowest BCUT2D eigenvalue weighted by atomic mass is 9.87. The number of H-pyrrole nitrogens is 1. The van der Waals surface area contributed by atoms with Gasteiger partial charge in [-0.15, -0.1) is 0 Å². The van der Waals surface area contributed by atoms with Crippen molar-refractivity contribution in [2.75, 3.05) is 0 Å². The van der Waals surface area contributed by atoms with Crippen LogP contribution in [0.5, 0.6) is 0 Å². The summed E-state index contributed by atoms with van der Waals surface area (Å²) in [5.41, 5.74) is 7.47. The van der Waals surface area contributed by atoms with Gasteiger partial charge in [0.15, 0.2) is 0 Å². The topological polar surface area (TPSA) is 54.7 Å². The van der Waals surface area contributed by atoms with Crippen molar-refractivity contribution >= 4 is 0 Å². The van der Waals surface area contributed by atoms with Gasteiger partial charge < -0.3 is 10.7 Å². The Hall–Kier alpha value is -0.830. The van der Waals surface area contributed by atoms with Crippen LogP contribution in [-0.4, -0.2) is 9.97 Å². The molecule has 17 heavy (non-hydrogen) atoms. The summed E-state index contributed by atoms with van der Waals surface area (Å²) in [5, 5.41) is 0. The molecule has 0 amide bonds. The van der Waals surface area contributed by atoms with Gasteiger partial charge in [0.2, 0.25) is 0 Å². The van der Waals surface area contributed by atoms with E-state index in [1.165, 1.54) is 50.6 Å². The molecule has 94 valence electrons. The van der Waals surface area contributed by atoms with Crippen molar-refractivity contribution in [2.45, 2.75) is 63.3 Å². The van der Waals surface area contributed by atoms with Crippen LogP contribution in [-0.2, 0) is 5.54 Å². The average Bonchev–Trinajstić information content (AvgIpc) is 3.08. The van der Waals surface area contributed by atoms with Gasteiger partial charge in [-0.3, -0.25) is 0 Å². The zero-order chi connectivity index (χ0) is 11.9. The Morgan fingerprint density at radius 1 is 1.24 bits per heavy atom. The smallest absolute Gasteiger partial charge is 0.126 e. The van der Waals surface area contributed by atoms with Crippen molar-refractivity contribution in [1.29, 1.82) is 0 Å². The van der Waals surface area contributed by atoms with Gasteiger partial charge in [-0.1, -0.05) is 19.3 Å². The molecule has 2 saturated carbocycles. The summed E-state index contributed by atoms with van der Waals surface area (Å²) in [7, 11) is 0. The summed E-state index contributed by atoms with van der Waals surface area (Å²) in [6.45, 7) is 2.12. The van der Waals surface area contributed by atoms with E-state index in [0.717, 1.165) is 5.82 Å². The lowest BCUT2D eigenvalue weighted by Gasteiger charge is -2.23. The minimum atomic E-state index is -0.243. The average molecular weight is 233 g/mol. The van der Waals surface area contributed by atoms with Crippen LogP contribution in [0.1, 0.15) is 69.3 Å². The van der Waals surface area contributed by atoms with E-state index in [9.17, 15) is 0 Å². The highest BCUT2D eigenvalue weighted by Crippen LogP contribution is 2.43. The number of nitrogens with two attached hydrogens (primary N) is 1. The molecule has 3 nitrogen and oxygen atoms in total. The van der Waals surface area contributed by atoms with E-state index in [4.69, 9.17) is 5.73 Å². The van der Waals surface area contributed by atoms with E-state index in [1.807, 2.05) is 6.20 Å². The normalized spacial score (nSPS) is 25.8. The zero-order valence-electron chi connectivity index (χ0n) is 10.7. The third-order valence-electron chi connectivity index (χ3n) is 4.58. The number of hydrogen-bond acceptors (Lipinski definition) is 2. The van der Waals surface area contributed by atoms with Gasteiger partial charge in [-0.05, 0) is 38.5 Å². The second-order valence-corrected chi connectivity index (χ2v) is 6.08. The van der Waals surface area contributed by atoms with Gasteiger partial charge in [0.25, 0.3) is 0 Å². The Morgan fingerprint density at radius 3 is 2.59 bits per heavy atom. The number of nitrogens with one attached hydrogen (secondary N) is 1. The first kappa shape index (κ1) is 11.3. The van der Waals surface area contributed by atoms with Crippen LogP contribution < -0.4 is 5.73 Å². The Bertz CT molecular complexity index is 384. The van der Waals surface area contributed by atoms with Crippen LogP contribution >= 0.6 is 0 Å². The summed E-state index contributed by atoms with van der Waals surface area (Å²) >= 11 is 0. The van der Waals surface area contributed by atoms with Crippen LogP contribution in [0.2, 0.25) is 0 Å². The van der Waals surface area contributed by atoms with E-state index in [2.05, 4.69) is 16.9 Å². The van der Waals surface area contributed by atoms with Crippen molar-refractivity contribution < 1.29 is 0 Å². The standard InChI is InChI=1S/C14H23N3/c1-14(15,11-7-8-11)13-16-9-12(17-13)10-5-3-2-4-6-10/h9-11H,2-8,15H2,1H3,(H,16,17). The quantitative estimate of drug-likeness (QED) is 0.843. The van der Waals surface area contributed by atoms with E-state index in [0.29, 0.717) is 11.8 Å². The van der Waals surface area contributed by atoms with E-state index >= 15 is 0 Å². The molecule has 0 bridgehead atoms. The number of hydrogen-bond donors (Lipinski definition) is 2. The first-order valence-corrected chi connectivity index (χ1v) is 7.02. The maximum Gasteiger partial charge on any atom is 0.126 e. The maximum atomic E-state index is 6.39. The van der Waals surface area contributed by atoms with Crippen molar-refractivity contribution in [1.82, 2.24) is 9.97 Å². The lowest BCUT2D eigenvalue weighted by Crippen LogP contribution is -2.36.